The molecular formula is C17H18N2O5. The van der Waals surface area contributed by atoms with Crippen molar-refractivity contribution in [2.75, 3.05) is 19.8 Å². The lowest BCUT2D eigenvalue weighted by atomic mass is 10.1. The van der Waals surface area contributed by atoms with Gasteiger partial charge in [0.1, 0.15) is 17.6 Å². The van der Waals surface area contributed by atoms with Crippen molar-refractivity contribution in [1.82, 2.24) is 4.90 Å². The second-order valence-electron chi connectivity index (χ2n) is 5.80. The fourth-order valence-electron chi connectivity index (χ4n) is 2.87. The summed E-state index contributed by atoms with van der Waals surface area (Å²) in [5, 5.41) is 10.9. The number of nitro benzene ring substituents is 1. The number of nitrogens with zero attached hydrogens (tertiary/aromatic N) is 2. The molecule has 7 nitrogen and oxygen atoms in total. The molecule has 1 saturated heterocycles. The molecular weight excluding hydrogens is 312 g/mol. The van der Waals surface area contributed by atoms with Crippen LogP contribution in [0.5, 0.6) is 0 Å². The maximum absolute atomic E-state index is 12.9. The van der Waals surface area contributed by atoms with E-state index in [1.807, 2.05) is 19.1 Å². The largest absolute Gasteiger partial charge is 0.464 e. The van der Waals surface area contributed by atoms with Crippen LogP contribution in [-0.2, 0) is 4.74 Å². The van der Waals surface area contributed by atoms with Crippen molar-refractivity contribution in [3.05, 3.63) is 63.1 Å². The Bertz CT molecular complexity index is 783. The van der Waals surface area contributed by atoms with E-state index < -0.39 is 4.92 Å². The second kappa shape index (κ2) is 6.45. The molecule has 1 amide bonds. The van der Waals surface area contributed by atoms with Crippen LogP contribution in [0.4, 0.5) is 5.69 Å². The molecule has 24 heavy (non-hydrogen) atoms. The van der Waals surface area contributed by atoms with E-state index in [4.69, 9.17) is 9.15 Å². The van der Waals surface area contributed by atoms with E-state index in [9.17, 15) is 14.9 Å². The van der Waals surface area contributed by atoms with E-state index in [1.165, 1.54) is 12.1 Å². The molecule has 7 heteroatoms. The van der Waals surface area contributed by atoms with Gasteiger partial charge in [-0.2, -0.15) is 0 Å². The number of rotatable bonds is 3. The van der Waals surface area contributed by atoms with Crippen LogP contribution >= 0.6 is 0 Å². The zero-order chi connectivity index (χ0) is 17.3. The number of furan rings is 1. The van der Waals surface area contributed by atoms with E-state index in [-0.39, 0.29) is 17.6 Å². The molecule has 0 N–H and O–H groups in total. The maximum atomic E-state index is 12.9. The van der Waals surface area contributed by atoms with Crippen LogP contribution in [0, 0.1) is 24.0 Å². The van der Waals surface area contributed by atoms with Gasteiger partial charge < -0.3 is 14.1 Å². The van der Waals surface area contributed by atoms with E-state index >= 15 is 0 Å². The molecule has 0 unspecified atom stereocenters. The summed E-state index contributed by atoms with van der Waals surface area (Å²) in [6.45, 7) is 4.73. The standard InChI is InChI=1S/C17H18N2O5/c1-11-9-13(4-5-14(11)19(21)22)17(20)18-7-8-23-10-15(18)16-6-3-12(2)24-16/h3-6,9,15H,7-8,10H2,1-2H3/t15-/m0/s1. The smallest absolute Gasteiger partial charge is 0.272 e. The molecule has 126 valence electrons. The van der Waals surface area contributed by atoms with Crippen LogP contribution in [0.15, 0.2) is 34.7 Å². The molecule has 1 aromatic heterocycles. The number of carbonyl (C=O) groups is 1. The summed E-state index contributed by atoms with van der Waals surface area (Å²) in [4.78, 5) is 25.1. The zero-order valence-electron chi connectivity index (χ0n) is 13.5. The Morgan fingerprint density at radius 1 is 1.29 bits per heavy atom. The predicted octanol–water partition coefficient (Wildman–Crippen LogP) is 3.02. The summed E-state index contributed by atoms with van der Waals surface area (Å²) < 4.78 is 11.1. The molecule has 2 heterocycles. The maximum Gasteiger partial charge on any atom is 0.272 e. The fraction of sp³-hybridized carbons (Fsp3) is 0.353. The molecule has 1 fully saturated rings. The Hall–Kier alpha value is -2.67. The van der Waals surface area contributed by atoms with Gasteiger partial charge in [-0.1, -0.05) is 0 Å². The number of amides is 1. The van der Waals surface area contributed by atoms with Gasteiger partial charge in [0.2, 0.25) is 0 Å². The van der Waals surface area contributed by atoms with Crippen LogP contribution in [0.3, 0.4) is 0 Å². The van der Waals surface area contributed by atoms with Gasteiger partial charge in [-0.05, 0) is 38.1 Å². The molecule has 3 rings (SSSR count). The van der Waals surface area contributed by atoms with Crippen molar-refractivity contribution >= 4 is 11.6 Å². The summed E-state index contributed by atoms with van der Waals surface area (Å²) in [5.41, 5.74) is 0.893. The fourth-order valence-corrected chi connectivity index (χ4v) is 2.87. The van der Waals surface area contributed by atoms with Crippen LogP contribution in [-0.4, -0.2) is 35.5 Å². The number of hydrogen-bond acceptors (Lipinski definition) is 5. The van der Waals surface area contributed by atoms with Gasteiger partial charge in [0, 0.05) is 23.7 Å². The highest BCUT2D eigenvalue weighted by Gasteiger charge is 2.31. The van der Waals surface area contributed by atoms with Gasteiger partial charge in [-0.25, -0.2) is 0 Å². The number of aryl methyl sites for hydroxylation is 2. The van der Waals surface area contributed by atoms with E-state index in [0.29, 0.717) is 36.6 Å². The second-order valence-corrected chi connectivity index (χ2v) is 5.80. The highest BCUT2D eigenvalue weighted by Crippen LogP contribution is 2.28. The summed E-state index contributed by atoms with van der Waals surface area (Å²) in [6, 6.07) is 7.82. The van der Waals surface area contributed by atoms with Crippen molar-refractivity contribution in [2.24, 2.45) is 0 Å². The number of carbonyl (C=O) groups excluding carboxylic acids is 1. The lowest BCUT2D eigenvalue weighted by Crippen LogP contribution is -2.43. The van der Waals surface area contributed by atoms with Crippen molar-refractivity contribution < 1.29 is 18.9 Å². The first-order chi connectivity index (χ1) is 11.5. The molecule has 2 aromatic rings. The normalized spacial score (nSPS) is 17.8. The predicted molar refractivity (Wildman–Crippen MR) is 85.9 cm³/mol. The minimum atomic E-state index is -0.452. The number of morpholine rings is 1. The Labute approximate surface area is 139 Å². The van der Waals surface area contributed by atoms with Gasteiger partial charge in [0.15, 0.2) is 0 Å². The van der Waals surface area contributed by atoms with Crippen LogP contribution in [0.1, 0.15) is 33.5 Å². The van der Waals surface area contributed by atoms with Crippen LogP contribution < -0.4 is 0 Å². The van der Waals surface area contributed by atoms with Gasteiger partial charge in [-0.3, -0.25) is 14.9 Å². The Morgan fingerprint density at radius 2 is 2.08 bits per heavy atom. The van der Waals surface area contributed by atoms with Crippen molar-refractivity contribution in [2.45, 2.75) is 19.9 Å². The van der Waals surface area contributed by atoms with E-state index in [0.717, 1.165) is 5.76 Å². The highest BCUT2D eigenvalue weighted by atomic mass is 16.6. The zero-order valence-corrected chi connectivity index (χ0v) is 13.5. The molecule has 1 aliphatic rings. The lowest BCUT2D eigenvalue weighted by molar-refractivity contribution is -0.385. The topological polar surface area (TPSA) is 85.8 Å². The quantitative estimate of drug-likeness (QED) is 0.638. The molecule has 1 aromatic carbocycles. The third-order valence-corrected chi connectivity index (χ3v) is 4.12. The molecule has 0 radical (unpaired) electrons. The average molecular weight is 330 g/mol. The minimum Gasteiger partial charge on any atom is -0.464 e. The van der Waals surface area contributed by atoms with Crippen molar-refractivity contribution in [1.29, 1.82) is 0 Å². The lowest BCUT2D eigenvalue weighted by Gasteiger charge is -2.34. The van der Waals surface area contributed by atoms with Gasteiger partial charge in [0.05, 0.1) is 18.1 Å². The van der Waals surface area contributed by atoms with Crippen LogP contribution in [0.2, 0.25) is 0 Å². The van der Waals surface area contributed by atoms with Gasteiger partial charge in [0.25, 0.3) is 11.6 Å². The molecule has 0 bridgehead atoms. The van der Waals surface area contributed by atoms with Gasteiger partial charge >= 0.3 is 0 Å². The van der Waals surface area contributed by atoms with Crippen molar-refractivity contribution in [3.63, 3.8) is 0 Å². The number of benzene rings is 1. The van der Waals surface area contributed by atoms with Crippen LogP contribution in [0.25, 0.3) is 0 Å². The van der Waals surface area contributed by atoms with Crippen molar-refractivity contribution in [3.8, 4) is 0 Å². The first-order valence-corrected chi connectivity index (χ1v) is 7.67. The summed E-state index contributed by atoms with van der Waals surface area (Å²) in [7, 11) is 0. The van der Waals surface area contributed by atoms with Gasteiger partial charge in [-0.15, -0.1) is 0 Å². The SMILES string of the molecule is Cc1ccc([C@@H]2COCCN2C(=O)c2ccc([N+](=O)[O-])c(C)c2)o1. The Kier molecular flexibility index (Phi) is 4.35. The molecule has 0 saturated carbocycles. The minimum absolute atomic E-state index is 0.00624. The molecule has 0 aliphatic carbocycles. The number of hydrogen-bond donors (Lipinski definition) is 0. The first-order valence-electron chi connectivity index (χ1n) is 7.67. The Balaban J connectivity index is 1.89. The monoisotopic (exact) mass is 330 g/mol. The Morgan fingerprint density at radius 3 is 2.71 bits per heavy atom. The molecule has 1 aliphatic heterocycles. The third-order valence-electron chi connectivity index (χ3n) is 4.12. The number of nitro groups is 1. The molecule has 1 atom stereocenters. The van der Waals surface area contributed by atoms with E-state index in [1.54, 1.807) is 17.9 Å². The number of ether oxygens (including phenoxy) is 1. The first kappa shape index (κ1) is 16.2. The average Bonchev–Trinajstić information content (AvgIpc) is 3.00. The van der Waals surface area contributed by atoms with E-state index in [2.05, 4.69) is 0 Å². The third kappa shape index (κ3) is 3.03. The molecule has 0 spiro atoms. The summed E-state index contributed by atoms with van der Waals surface area (Å²) in [6.07, 6.45) is 0. The summed E-state index contributed by atoms with van der Waals surface area (Å²) in [5.74, 6) is 1.27. The summed E-state index contributed by atoms with van der Waals surface area (Å²) >= 11 is 0. The highest BCUT2D eigenvalue weighted by molar-refractivity contribution is 5.95.